The normalized spacial score (nSPS) is 12.2. The Labute approximate surface area is 275 Å². The molecular weight excluding hydrogens is 620 g/mol. The van der Waals surface area contributed by atoms with Gasteiger partial charge in [0, 0.05) is 36.9 Å². The summed E-state index contributed by atoms with van der Waals surface area (Å²) in [4.78, 5) is 56.6. The van der Waals surface area contributed by atoms with Crippen LogP contribution in [-0.2, 0) is 22.7 Å². The first-order valence-electron chi connectivity index (χ1n) is 14.9. The topological polar surface area (TPSA) is 223 Å². The third kappa shape index (κ3) is 8.83. The predicted molar refractivity (Wildman–Crippen MR) is 176 cm³/mol. The summed E-state index contributed by atoms with van der Waals surface area (Å²) in [5.74, 6) is -3.21. The van der Waals surface area contributed by atoms with Crippen molar-refractivity contribution in [1.82, 2.24) is 20.6 Å². The van der Waals surface area contributed by atoms with E-state index >= 15 is 0 Å². The molecule has 0 fully saturated rings. The molecule has 0 radical (unpaired) electrons. The summed E-state index contributed by atoms with van der Waals surface area (Å²) in [7, 11) is 0. The van der Waals surface area contributed by atoms with E-state index in [1.165, 1.54) is 24.5 Å². The number of carboxylic acids is 2. The van der Waals surface area contributed by atoms with Gasteiger partial charge in [-0.25, -0.2) is 0 Å². The van der Waals surface area contributed by atoms with Crippen LogP contribution >= 0.6 is 0 Å². The highest BCUT2D eigenvalue weighted by Crippen LogP contribution is 2.34. The van der Waals surface area contributed by atoms with Gasteiger partial charge < -0.3 is 31.1 Å². The second-order valence-electron chi connectivity index (χ2n) is 10.9. The first-order chi connectivity index (χ1) is 23.0. The van der Waals surface area contributed by atoms with E-state index in [4.69, 9.17) is 20.4 Å². The summed E-state index contributed by atoms with van der Waals surface area (Å²) in [6.45, 7) is 2.93. The van der Waals surface area contributed by atoms with E-state index in [9.17, 15) is 19.2 Å². The van der Waals surface area contributed by atoms with E-state index in [0.29, 0.717) is 22.5 Å². The summed E-state index contributed by atoms with van der Waals surface area (Å²) >= 11 is 0. The average Bonchev–Trinajstić information content (AvgIpc) is 3.07. The maximum Gasteiger partial charge on any atom is 0.323 e. The van der Waals surface area contributed by atoms with Crippen LogP contribution in [0.15, 0.2) is 73.1 Å². The van der Waals surface area contributed by atoms with Gasteiger partial charge in [0.15, 0.2) is 0 Å². The van der Waals surface area contributed by atoms with Crippen LogP contribution in [0.2, 0.25) is 0 Å². The van der Waals surface area contributed by atoms with Crippen LogP contribution in [0.5, 0.6) is 0 Å². The molecule has 2 aromatic heterocycles. The third-order valence-electron chi connectivity index (χ3n) is 7.64. The molecule has 2 amide bonds. The highest BCUT2D eigenvalue weighted by atomic mass is 16.4. The average molecular weight is 657 g/mol. The predicted octanol–water partition coefficient (Wildman–Crippen LogP) is 2.34. The summed E-state index contributed by atoms with van der Waals surface area (Å²) < 4.78 is 0. The van der Waals surface area contributed by atoms with Gasteiger partial charge in [-0.05, 0) is 71.5 Å². The van der Waals surface area contributed by atoms with E-state index in [1.54, 1.807) is 24.3 Å². The van der Waals surface area contributed by atoms with E-state index in [2.05, 4.69) is 31.2 Å². The van der Waals surface area contributed by atoms with Crippen molar-refractivity contribution in [3.63, 3.8) is 0 Å². The quantitative estimate of drug-likeness (QED) is 0.0924. The van der Waals surface area contributed by atoms with Crippen molar-refractivity contribution in [2.45, 2.75) is 39.0 Å². The molecule has 0 unspecified atom stereocenters. The van der Waals surface area contributed by atoms with E-state index in [-0.39, 0.29) is 24.5 Å². The van der Waals surface area contributed by atoms with Crippen molar-refractivity contribution >= 4 is 35.1 Å². The standard InChI is InChI=1S/C34H36N6O8/c1-19-23(5-3-7-25(19)39-31(43)27-11-9-21(13-35-27)15-37-29(17-41)33(45)46)24-6-4-8-26(20(24)2)40-32(44)28-12-10-22(14-36-28)16-38-30(18-42)34(47)48/h3-14,29-30,37-38,41-42H,15-18H2,1-2H3,(H,39,43)(H,40,44)(H,45,46)(H,47,48)/t29-,30-/m1/s1. The van der Waals surface area contributed by atoms with Gasteiger partial charge in [0.05, 0.1) is 13.2 Å². The first-order valence-corrected chi connectivity index (χ1v) is 14.9. The zero-order valence-corrected chi connectivity index (χ0v) is 26.2. The molecule has 250 valence electrons. The van der Waals surface area contributed by atoms with Gasteiger partial charge in [-0.15, -0.1) is 0 Å². The minimum absolute atomic E-state index is 0.148. The molecule has 0 spiro atoms. The summed E-state index contributed by atoms with van der Waals surface area (Å²) in [5, 5.41) is 47.6. The van der Waals surface area contributed by atoms with Crippen LogP contribution < -0.4 is 21.3 Å². The van der Waals surface area contributed by atoms with Crippen molar-refractivity contribution < 1.29 is 39.6 Å². The SMILES string of the molecule is Cc1c(NC(=O)c2ccc(CN[C@H](CO)C(=O)O)cn2)cccc1-c1cccc(NC(=O)c2ccc(CN[C@H](CO)C(=O)O)cn2)c1C. The lowest BCUT2D eigenvalue weighted by molar-refractivity contribution is -0.141. The number of hydrogen-bond acceptors (Lipinski definition) is 10. The number of pyridine rings is 2. The summed E-state index contributed by atoms with van der Waals surface area (Å²) in [5.41, 5.74) is 6.00. The monoisotopic (exact) mass is 656 g/mol. The fraction of sp³-hybridized carbons (Fsp3) is 0.235. The molecule has 2 atom stereocenters. The van der Waals surface area contributed by atoms with Crippen molar-refractivity contribution in [1.29, 1.82) is 0 Å². The number of benzene rings is 2. The molecule has 0 saturated heterocycles. The van der Waals surface area contributed by atoms with Gasteiger partial charge in [0.2, 0.25) is 0 Å². The highest BCUT2D eigenvalue weighted by molar-refractivity contribution is 6.05. The smallest absolute Gasteiger partial charge is 0.323 e. The number of aromatic nitrogens is 2. The number of aliphatic carboxylic acids is 2. The number of carbonyl (C=O) groups is 4. The van der Waals surface area contributed by atoms with E-state index in [1.807, 2.05) is 38.1 Å². The molecule has 0 saturated carbocycles. The molecule has 0 aliphatic carbocycles. The van der Waals surface area contributed by atoms with Crippen LogP contribution in [0.25, 0.3) is 11.1 Å². The van der Waals surface area contributed by atoms with Crippen LogP contribution in [0.4, 0.5) is 11.4 Å². The van der Waals surface area contributed by atoms with Crippen molar-refractivity contribution in [3.05, 3.63) is 107 Å². The Kier molecular flexibility index (Phi) is 12.0. The second kappa shape index (κ2) is 16.3. The Morgan fingerprint density at radius 1 is 0.625 bits per heavy atom. The number of aliphatic hydroxyl groups excluding tert-OH is 2. The third-order valence-corrected chi connectivity index (χ3v) is 7.64. The number of nitrogens with one attached hydrogen (secondary N) is 4. The lowest BCUT2D eigenvalue weighted by atomic mass is 9.94. The Hall–Kier alpha value is -5.54. The number of carbonyl (C=O) groups excluding carboxylic acids is 2. The van der Waals surface area contributed by atoms with Gasteiger partial charge >= 0.3 is 11.9 Å². The van der Waals surface area contributed by atoms with Crippen LogP contribution in [-0.4, -0.2) is 79.4 Å². The van der Waals surface area contributed by atoms with Gasteiger partial charge in [-0.2, -0.15) is 0 Å². The molecule has 48 heavy (non-hydrogen) atoms. The van der Waals surface area contributed by atoms with Gasteiger partial charge in [-0.1, -0.05) is 36.4 Å². The Bertz CT molecular complexity index is 1650. The number of rotatable bonds is 15. The second-order valence-corrected chi connectivity index (χ2v) is 10.9. The van der Waals surface area contributed by atoms with Crippen molar-refractivity contribution in [3.8, 4) is 11.1 Å². The Morgan fingerprint density at radius 2 is 1.02 bits per heavy atom. The number of anilines is 2. The van der Waals surface area contributed by atoms with Crippen LogP contribution in [0.3, 0.4) is 0 Å². The fourth-order valence-corrected chi connectivity index (χ4v) is 4.77. The summed E-state index contributed by atoms with van der Waals surface area (Å²) in [6.07, 6.45) is 2.92. The van der Waals surface area contributed by atoms with Crippen LogP contribution in [0.1, 0.15) is 43.2 Å². The molecule has 0 aliphatic heterocycles. The van der Waals surface area contributed by atoms with Gasteiger partial charge in [0.25, 0.3) is 11.8 Å². The minimum atomic E-state index is -1.17. The molecule has 8 N–H and O–H groups in total. The Balaban J connectivity index is 1.43. The fourth-order valence-electron chi connectivity index (χ4n) is 4.77. The molecule has 0 aliphatic rings. The summed E-state index contributed by atoms with van der Waals surface area (Å²) in [6, 6.07) is 15.1. The largest absolute Gasteiger partial charge is 0.480 e. The van der Waals surface area contributed by atoms with Gasteiger partial charge in [0.1, 0.15) is 23.5 Å². The van der Waals surface area contributed by atoms with E-state index in [0.717, 1.165) is 22.3 Å². The first kappa shape index (κ1) is 35.3. The molecular formula is C34H36N6O8. The van der Waals surface area contributed by atoms with Crippen molar-refractivity contribution in [2.24, 2.45) is 0 Å². The molecule has 4 rings (SSSR count). The maximum atomic E-state index is 13.0. The van der Waals surface area contributed by atoms with Gasteiger partial charge in [-0.3, -0.25) is 39.8 Å². The zero-order chi connectivity index (χ0) is 34.8. The molecule has 2 aromatic carbocycles. The number of carboxylic acid groups (broad SMARTS) is 2. The molecule has 4 aromatic rings. The molecule has 0 bridgehead atoms. The lowest BCUT2D eigenvalue weighted by Gasteiger charge is -2.17. The van der Waals surface area contributed by atoms with Crippen molar-refractivity contribution in [2.75, 3.05) is 23.8 Å². The minimum Gasteiger partial charge on any atom is -0.480 e. The maximum absolute atomic E-state index is 13.0. The molecule has 14 nitrogen and oxygen atoms in total. The number of nitrogens with zero attached hydrogens (tertiary/aromatic N) is 2. The molecule has 2 heterocycles. The lowest BCUT2D eigenvalue weighted by Crippen LogP contribution is -2.39. The highest BCUT2D eigenvalue weighted by Gasteiger charge is 2.18. The number of amides is 2. The van der Waals surface area contributed by atoms with E-state index < -0.39 is 49.1 Å². The Morgan fingerprint density at radius 3 is 1.33 bits per heavy atom. The molecule has 14 heteroatoms. The number of aliphatic hydroxyl groups is 2. The number of hydrogen-bond donors (Lipinski definition) is 8. The van der Waals surface area contributed by atoms with Crippen LogP contribution in [0, 0.1) is 13.8 Å². The zero-order valence-electron chi connectivity index (χ0n) is 26.2.